The van der Waals surface area contributed by atoms with Crippen LogP contribution >= 0.6 is 23.1 Å². The molecular weight excluding hydrogens is 376 g/mol. The van der Waals surface area contributed by atoms with Gasteiger partial charge in [0, 0.05) is 17.3 Å². The van der Waals surface area contributed by atoms with Crippen LogP contribution in [0.15, 0.2) is 46.6 Å². The van der Waals surface area contributed by atoms with Gasteiger partial charge < -0.3 is 4.98 Å². The zero-order valence-corrected chi connectivity index (χ0v) is 17.2. The van der Waals surface area contributed by atoms with Gasteiger partial charge in [-0.2, -0.15) is 0 Å². The third-order valence-electron chi connectivity index (χ3n) is 4.71. The Morgan fingerprint density at radius 1 is 1.22 bits per heavy atom. The van der Waals surface area contributed by atoms with Crippen LogP contribution in [0.1, 0.15) is 34.0 Å². The number of thiophene rings is 1. The maximum absolute atomic E-state index is 12.6. The molecule has 0 amide bonds. The number of rotatable bonds is 4. The fourth-order valence-electron chi connectivity index (χ4n) is 3.07. The van der Waals surface area contributed by atoms with Crippen molar-refractivity contribution in [2.24, 2.45) is 0 Å². The van der Waals surface area contributed by atoms with Crippen LogP contribution in [0.25, 0.3) is 15.9 Å². The first kappa shape index (κ1) is 18.0. The largest absolute Gasteiger partial charge is 0.309 e. The molecule has 1 aromatic carbocycles. The van der Waals surface area contributed by atoms with Gasteiger partial charge in [-0.1, -0.05) is 30.0 Å². The summed E-state index contributed by atoms with van der Waals surface area (Å²) in [5, 5.41) is 1.55. The van der Waals surface area contributed by atoms with Crippen LogP contribution < -0.4 is 5.56 Å². The van der Waals surface area contributed by atoms with Gasteiger partial charge in [0.25, 0.3) is 5.56 Å². The molecule has 4 aromatic rings. The van der Waals surface area contributed by atoms with Crippen molar-refractivity contribution in [2.75, 3.05) is 0 Å². The molecule has 0 spiro atoms. The minimum atomic E-state index is -0.0634. The predicted molar refractivity (Wildman–Crippen MR) is 112 cm³/mol. The highest BCUT2D eigenvalue weighted by atomic mass is 32.2. The molecule has 0 aliphatic carbocycles. The summed E-state index contributed by atoms with van der Waals surface area (Å²) in [6, 6.07) is 8.21. The molecule has 0 fully saturated rings. The monoisotopic (exact) mass is 396 g/mol. The minimum absolute atomic E-state index is 0.0324. The lowest BCUT2D eigenvalue weighted by molar-refractivity contribution is 0.865. The van der Waals surface area contributed by atoms with Crippen molar-refractivity contribution < 1.29 is 0 Å². The molecule has 1 atom stereocenters. The summed E-state index contributed by atoms with van der Waals surface area (Å²) in [6.45, 7) is 8.13. The Morgan fingerprint density at radius 2 is 2.00 bits per heavy atom. The van der Waals surface area contributed by atoms with Crippen molar-refractivity contribution in [1.29, 1.82) is 0 Å². The summed E-state index contributed by atoms with van der Waals surface area (Å²) < 4.78 is 2.08. The average molecular weight is 397 g/mol. The van der Waals surface area contributed by atoms with Crippen LogP contribution in [0.4, 0.5) is 0 Å². The van der Waals surface area contributed by atoms with Crippen molar-refractivity contribution in [3.63, 3.8) is 0 Å². The van der Waals surface area contributed by atoms with Gasteiger partial charge in [-0.25, -0.2) is 9.97 Å². The maximum atomic E-state index is 12.6. The first-order chi connectivity index (χ1) is 13.0. The smallest absolute Gasteiger partial charge is 0.259 e. The van der Waals surface area contributed by atoms with Gasteiger partial charge in [0.1, 0.15) is 10.7 Å². The number of fused-ring (bicyclic) bond motifs is 1. The van der Waals surface area contributed by atoms with Crippen LogP contribution in [-0.2, 0) is 0 Å². The predicted octanol–water partition coefficient (Wildman–Crippen LogP) is 4.95. The Morgan fingerprint density at radius 3 is 2.78 bits per heavy atom. The van der Waals surface area contributed by atoms with E-state index in [4.69, 9.17) is 4.98 Å². The Kier molecular flexibility index (Phi) is 4.65. The van der Waals surface area contributed by atoms with Crippen molar-refractivity contribution in [2.45, 2.75) is 38.1 Å². The number of imidazole rings is 1. The van der Waals surface area contributed by atoms with Gasteiger partial charge in [-0.3, -0.25) is 9.36 Å². The number of thioether (sulfide) groups is 1. The van der Waals surface area contributed by atoms with Crippen LogP contribution in [0.5, 0.6) is 0 Å². The van der Waals surface area contributed by atoms with Gasteiger partial charge >= 0.3 is 0 Å². The van der Waals surface area contributed by atoms with E-state index in [1.165, 1.54) is 5.56 Å². The van der Waals surface area contributed by atoms with E-state index in [0.717, 1.165) is 26.1 Å². The molecule has 0 saturated carbocycles. The van der Waals surface area contributed by atoms with E-state index in [9.17, 15) is 4.79 Å². The Bertz CT molecular complexity index is 1190. The molecule has 5 nitrogen and oxygen atoms in total. The molecule has 0 aliphatic heterocycles. The number of hydrogen-bond acceptors (Lipinski definition) is 5. The number of aromatic amines is 1. The second kappa shape index (κ2) is 6.98. The Labute approximate surface area is 165 Å². The highest BCUT2D eigenvalue weighted by Gasteiger charge is 2.18. The quantitative estimate of drug-likeness (QED) is 0.496. The van der Waals surface area contributed by atoms with E-state index in [1.807, 2.05) is 39.1 Å². The lowest BCUT2D eigenvalue weighted by Crippen LogP contribution is -2.12. The average Bonchev–Trinajstić information content (AvgIpc) is 3.20. The van der Waals surface area contributed by atoms with Crippen LogP contribution in [0.2, 0.25) is 0 Å². The van der Waals surface area contributed by atoms with E-state index in [-0.39, 0.29) is 10.8 Å². The van der Waals surface area contributed by atoms with E-state index >= 15 is 0 Å². The Hall–Kier alpha value is -2.38. The topological polar surface area (TPSA) is 63.6 Å². The summed E-state index contributed by atoms with van der Waals surface area (Å²) in [5.41, 5.74) is 3.24. The molecule has 3 heterocycles. The highest BCUT2D eigenvalue weighted by Crippen LogP contribution is 2.35. The lowest BCUT2D eigenvalue weighted by atomic mass is 10.2. The first-order valence-corrected chi connectivity index (χ1v) is 10.4. The summed E-state index contributed by atoms with van der Waals surface area (Å²) in [4.78, 5) is 26.7. The van der Waals surface area contributed by atoms with E-state index < -0.39 is 0 Å². The van der Waals surface area contributed by atoms with E-state index in [1.54, 1.807) is 29.3 Å². The zero-order chi connectivity index (χ0) is 19.1. The molecule has 0 bridgehead atoms. The second-order valence-electron chi connectivity index (χ2n) is 6.54. The van der Waals surface area contributed by atoms with Gasteiger partial charge in [0.05, 0.1) is 16.3 Å². The molecule has 0 aliphatic rings. The van der Waals surface area contributed by atoms with Crippen LogP contribution in [-0.4, -0.2) is 19.5 Å². The van der Waals surface area contributed by atoms with Gasteiger partial charge in [-0.05, 0) is 44.9 Å². The summed E-state index contributed by atoms with van der Waals surface area (Å²) in [6.07, 6.45) is 3.76. The molecule has 27 heavy (non-hydrogen) atoms. The van der Waals surface area contributed by atoms with Gasteiger partial charge in [0.2, 0.25) is 0 Å². The number of hydrogen-bond donors (Lipinski definition) is 1. The minimum Gasteiger partial charge on any atom is -0.309 e. The summed E-state index contributed by atoms with van der Waals surface area (Å²) in [7, 11) is 0. The van der Waals surface area contributed by atoms with E-state index in [2.05, 4.69) is 33.6 Å². The second-order valence-corrected chi connectivity index (χ2v) is 9.05. The third kappa shape index (κ3) is 3.21. The lowest BCUT2D eigenvalue weighted by Gasteiger charge is -2.13. The number of nitrogens with one attached hydrogen (secondary N) is 1. The van der Waals surface area contributed by atoms with Crippen molar-refractivity contribution >= 4 is 33.3 Å². The summed E-state index contributed by atoms with van der Waals surface area (Å²) >= 11 is 3.16. The third-order valence-corrected chi connectivity index (χ3v) is 6.90. The maximum Gasteiger partial charge on any atom is 0.259 e. The van der Waals surface area contributed by atoms with Crippen molar-refractivity contribution in [1.82, 2.24) is 19.5 Å². The molecule has 1 N–H and O–H groups in total. The number of nitrogens with zero attached hydrogens (tertiary/aromatic N) is 3. The highest BCUT2D eigenvalue weighted by molar-refractivity contribution is 7.99. The normalized spacial score (nSPS) is 12.6. The zero-order valence-electron chi connectivity index (χ0n) is 15.6. The number of aryl methyl sites for hydroxylation is 3. The van der Waals surface area contributed by atoms with Crippen molar-refractivity contribution in [3.05, 3.63) is 68.8 Å². The first-order valence-electron chi connectivity index (χ1n) is 8.71. The molecule has 0 saturated heterocycles. The molecule has 1 unspecified atom stereocenters. The summed E-state index contributed by atoms with van der Waals surface area (Å²) in [5.74, 6) is 0.679. The number of H-pyrrole nitrogens is 1. The fourth-order valence-corrected chi connectivity index (χ4v) is 5.04. The van der Waals surface area contributed by atoms with Crippen molar-refractivity contribution in [3.8, 4) is 5.69 Å². The number of aromatic nitrogens is 4. The van der Waals surface area contributed by atoms with Gasteiger partial charge in [0.15, 0.2) is 5.16 Å². The SMILES string of the molecule is Cc1ccccc1-n1ccnc1SC(C)c1nc2sc(C)c(C)c2c(=O)[nH]1. The van der Waals surface area contributed by atoms with Crippen LogP contribution in [0.3, 0.4) is 0 Å². The Balaban J connectivity index is 1.69. The fraction of sp³-hybridized carbons (Fsp3) is 0.250. The molecule has 0 radical (unpaired) electrons. The van der Waals surface area contributed by atoms with E-state index in [0.29, 0.717) is 11.2 Å². The number of para-hydroxylation sites is 1. The number of benzene rings is 1. The molecule has 7 heteroatoms. The van der Waals surface area contributed by atoms with Crippen LogP contribution in [0, 0.1) is 20.8 Å². The standard InChI is InChI=1S/C20H20N4OS2/c1-11-7-5-6-8-15(11)24-10-9-21-20(24)27-14(4)17-22-18(25)16-12(2)13(3)26-19(16)23-17/h5-10,14H,1-4H3,(H,22,23,25). The molecule has 138 valence electrons. The molecule has 4 rings (SSSR count). The molecular formula is C20H20N4OS2. The van der Waals surface area contributed by atoms with Gasteiger partial charge in [-0.15, -0.1) is 11.3 Å². The molecule has 3 aromatic heterocycles.